The first kappa shape index (κ1) is 17.8. The first-order valence-corrected chi connectivity index (χ1v) is 8.41. The van der Waals surface area contributed by atoms with Crippen LogP contribution in [0.15, 0.2) is 42.5 Å². The lowest BCUT2D eigenvalue weighted by molar-refractivity contribution is -0.122. The van der Waals surface area contributed by atoms with Gasteiger partial charge in [0.1, 0.15) is 11.5 Å². The van der Waals surface area contributed by atoms with Gasteiger partial charge in [-0.1, -0.05) is 12.1 Å². The fourth-order valence-electron chi connectivity index (χ4n) is 3.08. The average Bonchev–Trinajstić information content (AvgIpc) is 3.03. The summed E-state index contributed by atoms with van der Waals surface area (Å²) in [5, 5.41) is 2.86. The number of benzene rings is 2. The lowest BCUT2D eigenvalue weighted by atomic mass is 10.1. The maximum Gasteiger partial charge on any atom is 0.229 e. The number of aryl methyl sites for hydroxylation is 1. The second kappa shape index (κ2) is 7.47. The van der Waals surface area contributed by atoms with Gasteiger partial charge in [-0.2, -0.15) is 0 Å². The molecule has 6 nitrogen and oxygen atoms in total. The summed E-state index contributed by atoms with van der Waals surface area (Å²) in [6, 6.07) is 12.9. The van der Waals surface area contributed by atoms with Crippen LogP contribution in [0.4, 0.5) is 11.4 Å². The van der Waals surface area contributed by atoms with Crippen LogP contribution in [0.1, 0.15) is 12.0 Å². The van der Waals surface area contributed by atoms with Gasteiger partial charge in [0.15, 0.2) is 0 Å². The number of anilines is 2. The third-order valence-electron chi connectivity index (χ3n) is 4.47. The van der Waals surface area contributed by atoms with Gasteiger partial charge in [0.05, 0.1) is 25.8 Å². The molecule has 0 aromatic heterocycles. The normalized spacial score (nSPS) is 16.5. The van der Waals surface area contributed by atoms with Gasteiger partial charge in [-0.3, -0.25) is 9.59 Å². The van der Waals surface area contributed by atoms with Crippen LogP contribution in [0.5, 0.6) is 11.5 Å². The van der Waals surface area contributed by atoms with Crippen LogP contribution in [0.2, 0.25) is 0 Å². The SMILES string of the molecule is COc1ccc(OC)c(NC(=O)C2CC(=O)N(c3cccc(C)c3)C2)c1. The first-order chi connectivity index (χ1) is 12.5. The third kappa shape index (κ3) is 3.64. The topological polar surface area (TPSA) is 67.9 Å². The molecule has 2 aromatic carbocycles. The van der Waals surface area contributed by atoms with Crippen molar-refractivity contribution >= 4 is 23.2 Å². The predicted molar refractivity (Wildman–Crippen MR) is 99.8 cm³/mol. The minimum Gasteiger partial charge on any atom is -0.497 e. The molecule has 0 radical (unpaired) electrons. The summed E-state index contributed by atoms with van der Waals surface area (Å²) in [6.07, 6.45) is 0.187. The largest absolute Gasteiger partial charge is 0.497 e. The van der Waals surface area contributed by atoms with Crippen molar-refractivity contribution < 1.29 is 19.1 Å². The molecule has 2 amide bonds. The predicted octanol–water partition coefficient (Wildman–Crippen LogP) is 3.00. The molecule has 1 unspecified atom stereocenters. The Balaban J connectivity index is 1.74. The molecule has 26 heavy (non-hydrogen) atoms. The van der Waals surface area contributed by atoms with Crippen molar-refractivity contribution in [3.05, 3.63) is 48.0 Å². The standard InChI is InChI=1S/C20H22N2O4/c1-13-5-4-6-15(9-13)22-12-14(10-19(22)23)20(24)21-17-11-16(25-2)7-8-18(17)26-3/h4-9,11,14H,10,12H2,1-3H3,(H,21,24). The van der Waals surface area contributed by atoms with E-state index in [1.54, 1.807) is 30.2 Å². The van der Waals surface area contributed by atoms with Crippen LogP contribution in [0.25, 0.3) is 0 Å². The maximum atomic E-state index is 12.7. The number of amides is 2. The second-order valence-corrected chi connectivity index (χ2v) is 6.30. The molecule has 0 saturated carbocycles. The summed E-state index contributed by atoms with van der Waals surface area (Å²) in [5.41, 5.74) is 2.42. The van der Waals surface area contributed by atoms with E-state index in [9.17, 15) is 9.59 Å². The van der Waals surface area contributed by atoms with Gasteiger partial charge in [0.25, 0.3) is 0 Å². The van der Waals surface area contributed by atoms with Crippen LogP contribution in [-0.4, -0.2) is 32.6 Å². The number of methoxy groups -OCH3 is 2. The molecule has 1 saturated heterocycles. The zero-order valence-electron chi connectivity index (χ0n) is 15.1. The summed E-state index contributed by atoms with van der Waals surface area (Å²) in [4.78, 5) is 26.7. The number of nitrogens with zero attached hydrogens (tertiary/aromatic N) is 1. The van der Waals surface area contributed by atoms with E-state index in [4.69, 9.17) is 9.47 Å². The zero-order valence-corrected chi connectivity index (χ0v) is 15.1. The van der Waals surface area contributed by atoms with Crippen LogP contribution >= 0.6 is 0 Å². The van der Waals surface area contributed by atoms with E-state index in [0.29, 0.717) is 23.7 Å². The fourth-order valence-corrected chi connectivity index (χ4v) is 3.08. The Labute approximate surface area is 152 Å². The highest BCUT2D eigenvalue weighted by atomic mass is 16.5. The van der Waals surface area contributed by atoms with Crippen LogP contribution < -0.4 is 19.7 Å². The molecular weight excluding hydrogens is 332 g/mol. The van der Waals surface area contributed by atoms with Crippen molar-refractivity contribution in [1.29, 1.82) is 0 Å². The van der Waals surface area contributed by atoms with Gasteiger partial charge in [0.2, 0.25) is 11.8 Å². The number of ether oxygens (including phenoxy) is 2. The molecule has 3 rings (SSSR count). The molecule has 1 N–H and O–H groups in total. The highest BCUT2D eigenvalue weighted by Gasteiger charge is 2.35. The van der Waals surface area contributed by atoms with Gasteiger partial charge in [-0.05, 0) is 36.8 Å². The number of carbonyl (C=O) groups excluding carboxylic acids is 2. The van der Waals surface area contributed by atoms with E-state index in [2.05, 4.69) is 5.32 Å². The van der Waals surface area contributed by atoms with Crippen LogP contribution in [0.3, 0.4) is 0 Å². The Morgan fingerprint density at radius 1 is 1.15 bits per heavy atom. The monoisotopic (exact) mass is 354 g/mol. The quantitative estimate of drug-likeness (QED) is 0.896. The average molecular weight is 354 g/mol. The zero-order chi connectivity index (χ0) is 18.7. The minimum absolute atomic E-state index is 0.0478. The van der Waals surface area contributed by atoms with Gasteiger partial charge in [-0.15, -0.1) is 0 Å². The Hall–Kier alpha value is -3.02. The van der Waals surface area contributed by atoms with Gasteiger partial charge >= 0.3 is 0 Å². The van der Waals surface area contributed by atoms with E-state index in [1.807, 2.05) is 31.2 Å². The Morgan fingerprint density at radius 2 is 1.96 bits per heavy atom. The lowest BCUT2D eigenvalue weighted by Gasteiger charge is -2.17. The molecule has 1 fully saturated rings. The molecule has 0 spiro atoms. The smallest absolute Gasteiger partial charge is 0.229 e. The van der Waals surface area contributed by atoms with Crippen molar-refractivity contribution in [2.45, 2.75) is 13.3 Å². The molecule has 6 heteroatoms. The Bertz CT molecular complexity index is 834. The van der Waals surface area contributed by atoms with Crippen molar-refractivity contribution in [3.8, 4) is 11.5 Å². The summed E-state index contributed by atoms with van der Waals surface area (Å²) in [5.74, 6) is 0.483. The number of nitrogens with one attached hydrogen (secondary N) is 1. The number of rotatable bonds is 5. The summed E-state index contributed by atoms with van der Waals surface area (Å²) in [6.45, 7) is 2.34. The van der Waals surface area contributed by atoms with E-state index >= 15 is 0 Å². The number of hydrogen-bond donors (Lipinski definition) is 1. The number of carbonyl (C=O) groups is 2. The van der Waals surface area contributed by atoms with Crippen molar-refractivity contribution in [2.24, 2.45) is 5.92 Å². The summed E-state index contributed by atoms with van der Waals surface area (Å²) >= 11 is 0. The van der Waals surface area contributed by atoms with Crippen molar-refractivity contribution in [3.63, 3.8) is 0 Å². The van der Waals surface area contributed by atoms with Crippen LogP contribution in [0, 0.1) is 12.8 Å². The van der Waals surface area contributed by atoms with E-state index in [1.165, 1.54) is 7.11 Å². The molecular formula is C20H22N2O4. The molecule has 136 valence electrons. The molecule has 1 atom stereocenters. The molecule has 0 aliphatic carbocycles. The molecule has 0 bridgehead atoms. The van der Waals surface area contributed by atoms with Crippen molar-refractivity contribution in [2.75, 3.05) is 31.0 Å². The Morgan fingerprint density at radius 3 is 2.65 bits per heavy atom. The fraction of sp³-hybridized carbons (Fsp3) is 0.300. The highest BCUT2D eigenvalue weighted by Crippen LogP contribution is 2.31. The third-order valence-corrected chi connectivity index (χ3v) is 4.47. The van der Waals surface area contributed by atoms with E-state index < -0.39 is 5.92 Å². The first-order valence-electron chi connectivity index (χ1n) is 8.41. The molecule has 1 heterocycles. The van der Waals surface area contributed by atoms with Gasteiger partial charge in [0, 0.05) is 24.7 Å². The van der Waals surface area contributed by atoms with E-state index in [0.717, 1.165) is 11.3 Å². The van der Waals surface area contributed by atoms with E-state index in [-0.39, 0.29) is 18.2 Å². The lowest BCUT2D eigenvalue weighted by Crippen LogP contribution is -2.28. The minimum atomic E-state index is -0.418. The molecule has 2 aromatic rings. The van der Waals surface area contributed by atoms with Gasteiger partial charge < -0.3 is 19.7 Å². The summed E-state index contributed by atoms with van der Waals surface area (Å²) < 4.78 is 10.5. The van der Waals surface area contributed by atoms with Gasteiger partial charge in [-0.25, -0.2) is 0 Å². The van der Waals surface area contributed by atoms with Crippen molar-refractivity contribution in [1.82, 2.24) is 0 Å². The number of hydrogen-bond acceptors (Lipinski definition) is 4. The summed E-state index contributed by atoms with van der Waals surface area (Å²) in [7, 11) is 3.10. The maximum absolute atomic E-state index is 12.7. The van der Waals surface area contributed by atoms with Crippen LogP contribution in [-0.2, 0) is 9.59 Å². The molecule has 1 aliphatic rings. The molecule has 1 aliphatic heterocycles. The highest BCUT2D eigenvalue weighted by molar-refractivity contribution is 6.04. The Kier molecular flexibility index (Phi) is 5.11. The second-order valence-electron chi connectivity index (χ2n) is 6.30.